The highest BCUT2D eigenvalue weighted by Gasteiger charge is 2.52. The Bertz CT molecular complexity index is 655. The van der Waals surface area contributed by atoms with Crippen molar-refractivity contribution in [2.45, 2.75) is 38.9 Å². The largest absolute Gasteiger partial charge is 0.637 e. The second-order valence-corrected chi connectivity index (χ2v) is 8.30. The van der Waals surface area contributed by atoms with Crippen LogP contribution in [0.2, 0.25) is 0 Å². The Balaban J connectivity index is 1.77. The van der Waals surface area contributed by atoms with Gasteiger partial charge in [-0.1, -0.05) is 0 Å². The molecule has 3 rings (SSSR count). The van der Waals surface area contributed by atoms with Crippen molar-refractivity contribution in [3.05, 3.63) is 11.4 Å². The fraction of sp³-hybridized carbons (Fsp3) is 0.600. The van der Waals surface area contributed by atoms with Gasteiger partial charge < -0.3 is 18.6 Å². The van der Waals surface area contributed by atoms with Gasteiger partial charge in [0.1, 0.15) is 0 Å². The van der Waals surface area contributed by atoms with Crippen LogP contribution < -0.4 is 10.2 Å². The number of rotatable bonds is 2. The quantitative estimate of drug-likeness (QED) is 0.671. The number of carbonyl (C=O) groups is 2. The zero-order valence-electron chi connectivity index (χ0n) is 15.0. The SMILES string of the molecule is CN1CC(=O)OB(c2csc(B3OC(C)(C)C(C)(C)O3)c2)OC(=O)C1. The smallest absolute Gasteiger partial charge is 0.494 e. The molecule has 134 valence electrons. The van der Waals surface area contributed by atoms with Gasteiger partial charge in [-0.2, -0.15) is 11.3 Å². The molecule has 0 unspecified atom stereocenters. The van der Waals surface area contributed by atoms with Gasteiger partial charge in [0.25, 0.3) is 0 Å². The van der Waals surface area contributed by atoms with E-state index in [9.17, 15) is 9.59 Å². The average molecular weight is 365 g/mol. The van der Waals surface area contributed by atoms with Crippen molar-refractivity contribution in [3.63, 3.8) is 0 Å². The van der Waals surface area contributed by atoms with E-state index >= 15 is 0 Å². The molecule has 7 nitrogen and oxygen atoms in total. The van der Waals surface area contributed by atoms with E-state index in [1.54, 1.807) is 23.4 Å². The normalized spacial score (nSPS) is 23.9. The molecule has 10 heteroatoms. The standard InChI is InChI=1S/C15H21B2NO6S/c1-14(2)15(3,4)24-17(23-14)11-6-10(9-25-11)16-21-12(19)7-18(5)8-13(20)22-16/h6,9H,7-8H2,1-5H3. The van der Waals surface area contributed by atoms with Crippen molar-refractivity contribution in [1.29, 1.82) is 0 Å². The van der Waals surface area contributed by atoms with Gasteiger partial charge >= 0.3 is 26.2 Å². The Labute approximate surface area is 151 Å². The number of nitrogens with zero attached hydrogens (tertiary/aromatic N) is 1. The lowest BCUT2D eigenvalue weighted by molar-refractivity contribution is -0.145. The van der Waals surface area contributed by atoms with Gasteiger partial charge in [-0.25, -0.2) is 0 Å². The summed E-state index contributed by atoms with van der Waals surface area (Å²) in [5, 5.41) is 1.79. The lowest BCUT2D eigenvalue weighted by Gasteiger charge is -2.32. The molecule has 0 saturated carbocycles. The number of carbonyl (C=O) groups excluding carboxylic acids is 2. The van der Waals surface area contributed by atoms with E-state index in [-0.39, 0.29) is 13.1 Å². The van der Waals surface area contributed by atoms with Crippen LogP contribution in [0.25, 0.3) is 0 Å². The molecule has 2 saturated heterocycles. The van der Waals surface area contributed by atoms with Gasteiger partial charge in [0.15, 0.2) is 0 Å². The molecule has 1 aromatic rings. The van der Waals surface area contributed by atoms with Crippen LogP contribution in [0.3, 0.4) is 0 Å². The molecule has 2 aliphatic heterocycles. The first-order valence-corrected chi connectivity index (χ1v) is 8.97. The molecular weight excluding hydrogens is 344 g/mol. The van der Waals surface area contributed by atoms with Crippen molar-refractivity contribution in [2.75, 3.05) is 20.1 Å². The molecule has 1 aromatic heterocycles. The first-order valence-electron chi connectivity index (χ1n) is 8.09. The molecule has 25 heavy (non-hydrogen) atoms. The van der Waals surface area contributed by atoms with E-state index in [1.165, 1.54) is 11.3 Å². The molecule has 0 aliphatic carbocycles. The van der Waals surface area contributed by atoms with Gasteiger partial charge in [-0.3, -0.25) is 14.5 Å². The maximum Gasteiger partial charge on any atom is 0.637 e. The second-order valence-electron chi connectivity index (χ2n) is 7.35. The van der Waals surface area contributed by atoms with Gasteiger partial charge in [0.2, 0.25) is 0 Å². The number of likely N-dealkylation sites (N-methyl/N-ethyl adjacent to an activating group) is 1. The topological polar surface area (TPSA) is 74.3 Å². The Morgan fingerprint density at radius 3 is 2.04 bits per heavy atom. The van der Waals surface area contributed by atoms with E-state index in [2.05, 4.69) is 0 Å². The Morgan fingerprint density at radius 1 is 1.00 bits per heavy atom. The molecule has 0 N–H and O–H groups in total. The molecule has 0 aromatic carbocycles. The summed E-state index contributed by atoms with van der Waals surface area (Å²) in [7, 11) is 0.111. The molecular formula is C15H21B2NO6S. The summed E-state index contributed by atoms with van der Waals surface area (Å²) in [5.41, 5.74) is -0.280. The minimum Gasteiger partial charge on any atom is -0.494 e. The fourth-order valence-electron chi connectivity index (χ4n) is 2.54. The zero-order chi connectivity index (χ0) is 18.4. The molecule has 0 atom stereocenters. The van der Waals surface area contributed by atoms with Crippen LogP contribution in [-0.4, -0.2) is 62.4 Å². The Morgan fingerprint density at radius 2 is 1.52 bits per heavy atom. The predicted molar refractivity (Wildman–Crippen MR) is 95.1 cm³/mol. The summed E-state index contributed by atoms with van der Waals surface area (Å²) in [4.78, 5) is 25.3. The third-order valence-electron chi connectivity index (χ3n) is 4.67. The van der Waals surface area contributed by atoms with Crippen LogP contribution in [0.4, 0.5) is 0 Å². The molecule has 0 radical (unpaired) electrons. The highest BCUT2D eigenvalue weighted by Crippen LogP contribution is 2.36. The Kier molecular flexibility index (Phi) is 4.74. The summed E-state index contributed by atoms with van der Waals surface area (Å²) in [6, 6.07) is 1.80. The molecule has 0 bridgehead atoms. The molecule has 3 heterocycles. The first kappa shape index (κ1) is 18.4. The number of hydrogen-bond acceptors (Lipinski definition) is 8. The van der Waals surface area contributed by atoms with Crippen molar-refractivity contribution in [2.24, 2.45) is 0 Å². The van der Waals surface area contributed by atoms with E-state index in [4.69, 9.17) is 18.6 Å². The molecule has 2 aliphatic rings. The third kappa shape index (κ3) is 3.76. The summed E-state index contributed by atoms with van der Waals surface area (Å²) < 4.78 is 23.4. The van der Waals surface area contributed by atoms with Crippen LogP contribution in [0.5, 0.6) is 0 Å². The minimum absolute atomic E-state index is 0.0415. The maximum absolute atomic E-state index is 11.9. The van der Waals surface area contributed by atoms with Crippen LogP contribution in [0.1, 0.15) is 27.7 Å². The zero-order valence-corrected chi connectivity index (χ0v) is 15.8. The second kappa shape index (κ2) is 6.42. The van der Waals surface area contributed by atoms with Crippen LogP contribution in [0, 0.1) is 0 Å². The summed E-state index contributed by atoms with van der Waals surface area (Å²) >= 11 is 1.41. The fourth-order valence-corrected chi connectivity index (χ4v) is 3.41. The average Bonchev–Trinajstić information content (AvgIpc) is 2.99. The van der Waals surface area contributed by atoms with E-state index < -0.39 is 37.4 Å². The minimum atomic E-state index is -1.04. The summed E-state index contributed by atoms with van der Waals surface area (Å²) in [5.74, 6) is -0.883. The lowest BCUT2D eigenvalue weighted by Crippen LogP contribution is -2.47. The van der Waals surface area contributed by atoms with Crippen molar-refractivity contribution in [3.8, 4) is 0 Å². The van der Waals surface area contributed by atoms with Gasteiger partial charge in [0.05, 0.1) is 24.3 Å². The van der Waals surface area contributed by atoms with Crippen molar-refractivity contribution in [1.82, 2.24) is 4.90 Å². The van der Waals surface area contributed by atoms with Gasteiger partial charge in [-0.15, -0.1) is 0 Å². The highest BCUT2D eigenvalue weighted by molar-refractivity contribution is 7.21. The monoisotopic (exact) mass is 365 g/mol. The van der Waals surface area contributed by atoms with E-state index in [0.29, 0.717) is 5.46 Å². The number of hydrogen-bond donors (Lipinski definition) is 0. The van der Waals surface area contributed by atoms with Gasteiger partial charge in [0, 0.05) is 10.2 Å². The molecule has 2 fully saturated rings. The predicted octanol–water partition coefficient (Wildman–Crippen LogP) is -0.226. The highest BCUT2D eigenvalue weighted by atomic mass is 32.1. The summed E-state index contributed by atoms with van der Waals surface area (Å²) in [6.07, 6.45) is 0. The number of thiophene rings is 1. The molecule has 0 spiro atoms. The van der Waals surface area contributed by atoms with Crippen LogP contribution in [-0.2, 0) is 28.2 Å². The third-order valence-corrected chi connectivity index (χ3v) is 5.65. The van der Waals surface area contributed by atoms with E-state index in [1.807, 2.05) is 27.7 Å². The van der Waals surface area contributed by atoms with Crippen molar-refractivity contribution >= 4 is 47.8 Å². The Hall–Kier alpha value is -1.35. The molecule has 0 amide bonds. The van der Waals surface area contributed by atoms with Crippen molar-refractivity contribution < 1.29 is 28.2 Å². The lowest BCUT2D eigenvalue weighted by atomic mass is 9.77. The summed E-state index contributed by atoms with van der Waals surface area (Å²) in [6.45, 7) is 8.01. The van der Waals surface area contributed by atoms with Crippen LogP contribution in [0.15, 0.2) is 11.4 Å². The first-order chi connectivity index (χ1) is 11.6. The van der Waals surface area contributed by atoms with E-state index in [0.717, 1.165) is 4.78 Å². The van der Waals surface area contributed by atoms with Gasteiger partial charge in [-0.05, 0) is 46.2 Å². The van der Waals surface area contributed by atoms with Crippen LogP contribution >= 0.6 is 11.3 Å². The maximum atomic E-state index is 11.9.